The van der Waals surface area contributed by atoms with Crippen LogP contribution < -0.4 is 10.5 Å². The average molecular weight is 201 g/mol. The zero-order chi connectivity index (χ0) is 9.68. The van der Waals surface area contributed by atoms with Crippen molar-refractivity contribution in [3.63, 3.8) is 0 Å². The molecule has 0 aliphatic carbocycles. The van der Waals surface area contributed by atoms with E-state index in [9.17, 15) is 4.21 Å². The van der Waals surface area contributed by atoms with Crippen LogP contribution in [0.15, 0.2) is 24.3 Å². The number of nitrogens with two attached hydrogens (primary N) is 1. The molecule has 0 aliphatic heterocycles. The van der Waals surface area contributed by atoms with E-state index in [1.807, 2.05) is 0 Å². The fourth-order valence-electron chi connectivity index (χ4n) is 0.835. The van der Waals surface area contributed by atoms with Crippen molar-refractivity contribution >= 4 is 16.8 Å². The Morgan fingerprint density at radius 3 is 2.92 bits per heavy atom. The Balaban J connectivity index is 2.41. The molecule has 1 unspecified atom stereocenters. The molecule has 0 aromatic heterocycles. The molecule has 1 aromatic carbocycles. The summed E-state index contributed by atoms with van der Waals surface area (Å²) in [5.41, 5.74) is 6.11. The molecular weight excluding hydrogens is 190 g/mol. The minimum atomic E-state index is -1.80. The molecule has 0 spiro atoms. The summed E-state index contributed by atoms with van der Waals surface area (Å²) < 4.78 is 23.9. The van der Waals surface area contributed by atoms with E-state index in [1.165, 1.54) is 0 Å². The molecule has 0 radical (unpaired) electrons. The predicted molar refractivity (Wildman–Crippen MR) is 52.0 cm³/mol. The SMILES string of the molecule is Nc1cccc(OCCS(=O)O)c1. The lowest BCUT2D eigenvalue weighted by Gasteiger charge is -2.04. The van der Waals surface area contributed by atoms with Gasteiger partial charge in [-0.25, -0.2) is 4.21 Å². The number of anilines is 1. The number of rotatable bonds is 4. The fourth-order valence-corrected chi connectivity index (χ4v) is 1.06. The molecule has 0 saturated carbocycles. The summed E-state index contributed by atoms with van der Waals surface area (Å²) in [6.45, 7) is 0.215. The van der Waals surface area contributed by atoms with Gasteiger partial charge in [-0.15, -0.1) is 0 Å². The highest BCUT2D eigenvalue weighted by molar-refractivity contribution is 7.79. The highest BCUT2D eigenvalue weighted by Gasteiger charge is 1.96. The maximum atomic E-state index is 10.3. The normalized spacial score (nSPS) is 12.4. The van der Waals surface area contributed by atoms with E-state index < -0.39 is 11.1 Å². The van der Waals surface area contributed by atoms with Crippen LogP contribution in [-0.2, 0) is 11.1 Å². The van der Waals surface area contributed by atoms with Crippen LogP contribution in [0.25, 0.3) is 0 Å². The third kappa shape index (κ3) is 3.91. The Morgan fingerprint density at radius 1 is 1.54 bits per heavy atom. The maximum absolute atomic E-state index is 10.3. The quantitative estimate of drug-likeness (QED) is 0.560. The minimum Gasteiger partial charge on any atom is -0.492 e. The Bertz CT molecular complexity index is 303. The van der Waals surface area contributed by atoms with Gasteiger partial charge in [0.25, 0.3) is 0 Å². The van der Waals surface area contributed by atoms with Crippen molar-refractivity contribution < 1.29 is 13.5 Å². The molecule has 1 rings (SSSR count). The van der Waals surface area contributed by atoms with E-state index in [1.54, 1.807) is 24.3 Å². The monoisotopic (exact) mass is 201 g/mol. The van der Waals surface area contributed by atoms with Gasteiger partial charge >= 0.3 is 0 Å². The molecule has 4 nitrogen and oxygen atoms in total. The average Bonchev–Trinajstić information content (AvgIpc) is 2.03. The Hall–Kier alpha value is -1.07. The van der Waals surface area contributed by atoms with Crippen molar-refractivity contribution in [2.75, 3.05) is 18.1 Å². The lowest BCUT2D eigenvalue weighted by Crippen LogP contribution is -2.07. The molecule has 72 valence electrons. The van der Waals surface area contributed by atoms with Crippen molar-refractivity contribution in [3.05, 3.63) is 24.3 Å². The molecule has 0 heterocycles. The third-order valence-electron chi connectivity index (χ3n) is 1.38. The van der Waals surface area contributed by atoms with Gasteiger partial charge in [0.05, 0.1) is 5.75 Å². The lowest BCUT2D eigenvalue weighted by molar-refractivity contribution is 0.340. The van der Waals surface area contributed by atoms with Crippen molar-refractivity contribution in [3.8, 4) is 5.75 Å². The number of hydrogen-bond donors (Lipinski definition) is 2. The van der Waals surface area contributed by atoms with Crippen LogP contribution in [0.1, 0.15) is 0 Å². The molecule has 13 heavy (non-hydrogen) atoms. The van der Waals surface area contributed by atoms with Gasteiger partial charge in [-0.1, -0.05) is 6.07 Å². The van der Waals surface area contributed by atoms with Gasteiger partial charge in [-0.2, -0.15) is 0 Å². The van der Waals surface area contributed by atoms with Crippen molar-refractivity contribution in [2.24, 2.45) is 0 Å². The number of hydrogen-bond acceptors (Lipinski definition) is 3. The highest BCUT2D eigenvalue weighted by Crippen LogP contribution is 2.13. The van der Waals surface area contributed by atoms with Crippen LogP contribution in [-0.4, -0.2) is 21.1 Å². The molecule has 5 heteroatoms. The Morgan fingerprint density at radius 2 is 2.31 bits per heavy atom. The summed E-state index contributed by atoms with van der Waals surface area (Å²) in [5, 5.41) is 0. The van der Waals surface area contributed by atoms with Gasteiger partial charge in [0, 0.05) is 11.8 Å². The molecule has 0 aliphatic rings. The first-order chi connectivity index (χ1) is 6.18. The first-order valence-electron chi connectivity index (χ1n) is 3.74. The number of benzene rings is 1. The predicted octanol–water partition coefficient (Wildman–Crippen LogP) is 0.869. The molecule has 1 atom stereocenters. The molecule has 1 aromatic rings. The van der Waals surface area contributed by atoms with E-state index in [4.69, 9.17) is 15.0 Å². The number of ether oxygens (including phenoxy) is 1. The van der Waals surface area contributed by atoms with E-state index in [2.05, 4.69) is 0 Å². The van der Waals surface area contributed by atoms with Crippen LogP contribution in [0.4, 0.5) is 5.69 Å². The molecule has 0 amide bonds. The molecular formula is C8H11NO3S. The van der Waals surface area contributed by atoms with Crippen LogP contribution in [0, 0.1) is 0 Å². The van der Waals surface area contributed by atoms with Gasteiger partial charge in [0.15, 0.2) is 11.1 Å². The molecule has 0 fully saturated rings. The second-order valence-electron chi connectivity index (χ2n) is 2.45. The zero-order valence-corrected chi connectivity index (χ0v) is 7.79. The van der Waals surface area contributed by atoms with Crippen LogP contribution in [0.5, 0.6) is 5.75 Å². The van der Waals surface area contributed by atoms with Crippen molar-refractivity contribution in [1.82, 2.24) is 0 Å². The fraction of sp³-hybridized carbons (Fsp3) is 0.250. The minimum absolute atomic E-state index is 0.106. The van der Waals surface area contributed by atoms with E-state index >= 15 is 0 Å². The van der Waals surface area contributed by atoms with E-state index in [0.717, 1.165) is 0 Å². The first kappa shape index (κ1) is 10.0. The smallest absolute Gasteiger partial charge is 0.156 e. The van der Waals surface area contributed by atoms with Gasteiger partial charge in [-0.3, -0.25) is 0 Å². The van der Waals surface area contributed by atoms with Crippen LogP contribution in [0.3, 0.4) is 0 Å². The number of nitrogen functional groups attached to an aromatic ring is 1. The van der Waals surface area contributed by atoms with Crippen molar-refractivity contribution in [1.29, 1.82) is 0 Å². The molecule has 3 N–H and O–H groups in total. The van der Waals surface area contributed by atoms with Gasteiger partial charge < -0.3 is 15.0 Å². The summed E-state index contributed by atoms with van der Waals surface area (Å²) in [6.07, 6.45) is 0. The summed E-state index contributed by atoms with van der Waals surface area (Å²) in [7, 11) is 0. The van der Waals surface area contributed by atoms with Crippen LogP contribution in [0.2, 0.25) is 0 Å². The summed E-state index contributed by atoms with van der Waals surface area (Å²) in [4.78, 5) is 0. The van der Waals surface area contributed by atoms with Crippen LogP contribution >= 0.6 is 0 Å². The molecule has 0 saturated heterocycles. The van der Waals surface area contributed by atoms with Gasteiger partial charge in [-0.05, 0) is 12.1 Å². The Kier molecular flexibility index (Phi) is 3.72. The largest absolute Gasteiger partial charge is 0.492 e. The van der Waals surface area contributed by atoms with E-state index in [-0.39, 0.29) is 12.4 Å². The highest BCUT2D eigenvalue weighted by atomic mass is 32.2. The Labute approximate surface area is 79.0 Å². The van der Waals surface area contributed by atoms with Gasteiger partial charge in [0.2, 0.25) is 0 Å². The summed E-state index contributed by atoms with van der Waals surface area (Å²) in [6, 6.07) is 6.93. The van der Waals surface area contributed by atoms with E-state index in [0.29, 0.717) is 11.4 Å². The second-order valence-corrected chi connectivity index (χ2v) is 3.50. The summed E-state index contributed by atoms with van der Waals surface area (Å²) in [5.74, 6) is 0.722. The molecule has 0 bridgehead atoms. The first-order valence-corrected chi connectivity index (χ1v) is 5.02. The topological polar surface area (TPSA) is 72.5 Å². The third-order valence-corrected chi connectivity index (χ3v) is 1.90. The van der Waals surface area contributed by atoms with Gasteiger partial charge in [0.1, 0.15) is 12.4 Å². The zero-order valence-electron chi connectivity index (χ0n) is 6.97. The van der Waals surface area contributed by atoms with Crippen molar-refractivity contribution in [2.45, 2.75) is 0 Å². The summed E-state index contributed by atoms with van der Waals surface area (Å²) >= 11 is -1.80. The maximum Gasteiger partial charge on any atom is 0.156 e. The lowest BCUT2D eigenvalue weighted by atomic mass is 10.3. The standard InChI is InChI=1S/C8H11NO3S/c9-7-2-1-3-8(6-7)12-4-5-13(10)11/h1-3,6H,4-5,9H2,(H,10,11). The second kappa shape index (κ2) is 4.84.